The number of alkyl halides is 2. The summed E-state index contributed by atoms with van der Waals surface area (Å²) in [6.45, 7) is 1.72. The van der Waals surface area contributed by atoms with E-state index >= 15 is 0 Å². The summed E-state index contributed by atoms with van der Waals surface area (Å²) in [5.41, 5.74) is 0.359. The summed E-state index contributed by atoms with van der Waals surface area (Å²) in [5, 5.41) is 10.6. The van der Waals surface area contributed by atoms with Crippen molar-refractivity contribution < 1.29 is 22.8 Å². The lowest BCUT2D eigenvalue weighted by atomic mass is 9.79. The zero-order chi connectivity index (χ0) is 23.7. The van der Waals surface area contributed by atoms with E-state index in [1.807, 2.05) is 12.1 Å². The highest BCUT2D eigenvalue weighted by molar-refractivity contribution is 7.94. The zero-order valence-corrected chi connectivity index (χ0v) is 20.5. The molecule has 2 saturated carbocycles. The van der Waals surface area contributed by atoms with Crippen molar-refractivity contribution in [1.29, 1.82) is 0 Å². The Morgan fingerprint density at radius 1 is 1.06 bits per heavy atom. The van der Waals surface area contributed by atoms with E-state index in [4.69, 9.17) is 9.26 Å². The van der Waals surface area contributed by atoms with Crippen LogP contribution >= 0.6 is 12.1 Å². The number of carbonyl (C=O) groups excluding carboxylic acids is 1. The minimum absolute atomic E-state index is 0.0518. The Balaban J connectivity index is 0.892. The highest BCUT2D eigenvalue weighted by Gasteiger charge is 2.57. The average Bonchev–Trinajstić information content (AvgIpc) is 3.07. The molecule has 2 N–H and O–H groups in total. The van der Waals surface area contributed by atoms with Crippen molar-refractivity contribution in [2.24, 2.45) is 5.92 Å². The van der Waals surface area contributed by atoms with Crippen LogP contribution in [0.4, 0.5) is 8.78 Å². The van der Waals surface area contributed by atoms with Gasteiger partial charge >= 0.3 is 0 Å². The summed E-state index contributed by atoms with van der Waals surface area (Å²) in [5.74, 6) is -2.08. The molecule has 2 aliphatic carbocycles. The van der Waals surface area contributed by atoms with Crippen molar-refractivity contribution in [3.8, 4) is 0 Å². The van der Waals surface area contributed by atoms with Gasteiger partial charge in [0.05, 0.1) is 19.1 Å². The second-order valence-electron chi connectivity index (χ2n) is 11.5. The van der Waals surface area contributed by atoms with E-state index in [1.54, 1.807) is 6.07 Å². The molecule has 35 heavy (non-hydrogen) atoms. The van der Waals surface area contributed by atoms with Crippen molar-refractivity contribution in [3.05, 3.63) is 17.5 Å². The van der Waals surface area contributed by atoms with E-state index in [0.29, 0.717) is 55.7 Å². The quantitative estimate of drug-likeness (QED) is 0.518. The first kappa shape index (κ1) is 22.9. The predicted molar refractivity (Wildman–Crippen MR) is 125 cm³/mol. The van der Waals surface area contributed by atoms with Gasteiger partial charge in [-0.2, -0.15) is 0 Å². The van der Waals surface area contributed by atoms with E-state index in [0.717, 1.165) is 31.4 Å². The zero-order valence-electron chi connectivity index (χ0n) is 19.7. The normalized spacial score (nSPS) is 40.2. The largest absolute Gasteiger partial charge is 0.380 e. The Bertz CT molecular complexity index is 951. The highest BCUT2D eigenvalue weighted by Crippen LogP contribution is 2.50. The van der Waals surface area contributed by atoms with Gasteiger partial charge in [-0.1, -0.05) is 5.16 Å². The first-order valence-electron chi connectivity index (χ1n) is 13.1. The fourth-order valence-corrected chi connectivity index (χ4v) is 8.16. The van der Waals surface area contributed by atoms with Crippen molar-refractivity contribution in [1.82, 2.24) is 24.4 Å². The smallest absolute Gasteiger partial charge is 0.273 e. The van der Waals surface area contributed by atoms with Crippen LogP contribution in [-0.4, -0.2) is 81.6 Å². The Morgan fingerprint density at radius 3 is 2.34 bits per heavy atom. The third kappa shape index (κ3) is 4.31. The van der Waals surface area contributed by atoms with Gasteiger partial charge in [-0.25, -0.2) is 17.4 Å². The summed E-state index contributed by atoms with van der Waals surface area (Å²) >= 11 is 1.92. The maximum atomic E-state index is 13.2. The van der Waals surface area contributed by atoms with Gasteiger partial charge < -0.3 is 19.9 Å². The van der Waals surface area contributed by atoms with Gasteiger partial charge in [-0.05, 0) is 44.9 Å². The molecule has 5 saturated heterocycles. The van der Waals surface area contributed by atoms with E-state index in [1.165, 1.54) is 19.3 Å². The van der Waals surface area contributed by atoms with Gasteiger partial charge in [0.2, 0.25) is 0 Å². The van der Waals surface area contributed by atoms with Crippen LogP contribution in [-0.2, 0) is 4.74 Å². The maximum Gasteiger partial charge on any atom is 0.273 e. The predicted octanol–water partition coefficient (Wildman–Crippen LogP) is 2.93. The molecule has 1 aromatic rings. The number of nitrogens with one attached hydrogen (secondary N) is 2. The second-order valence-corrected chi connectivity index (χ2v) is 12.5. The molecule has 5 unspecified atom stereocenters. The third-order valence-electron chi connectivity index (χ3n) is 8.98. The maximum absolute atomic E-state index is 13.2. The minimum Gasteiger partial charge on any atom is -0.380 e. The first-order chi connectivity index (χ1) is 16.9. The molecule has 8 rings (SSSR count). The first-order valence-corrected chi connectivity index (χ1v) is 13.9. The summed E-state index contributed by atoms with van der Waals surface area (Å²) in [4.78, 5) is 12.8. The van der Waals surface area contributed by atoms with Crippen LogP contribution in [0.2, 0.25) is 0 Å². The van der Waals surface area contributed by atoms with E-state index < -0.39 is 11.8 Å². The molecule has 4 bridgehead atoms. The third-order valence-corrected chi connectivity index (χ3v) is 10.5. The van der Waals surface area contributed by atoms with Gasteiger partial charge in [-0.15, -0.1) is 0 Å². The van der Waals surface area contributed by atoms with Crippen LogP contribution in [0.5, 0.6) is 0 Å². The molecule has 5 aliphatic heterocycles. The molecule has 7 fully saturated rings. The van der Waals surface area contributed by atoms with Gasteiger partial charge in [0.15, 0.2) is 5.69 Å². The second kappa shape index (κ2) is 8.65. The molecule has 1 amide bonds. The van der Waals surface area contributed by atoms with Crippen LogP contribution in [0.15, 0.2) is 10.6 Å². The summed E-state index contributed by atoms with van der Waals surface area (Å²) in [7, 11) is 0. The standard InChI is InChI=1S/C24H33F2N5O3S/c25-24(26)9-14(24)10-27-15-3-19-7-20(4-15)31(19)35-30-17-1-2-18(30)6-16(5-17)28-23(32)21-8-22(34-29-21)13-11-33-12-13/h8,13-20,27H,1-7,9-12H2,(H,28,32)/t14?,15?,16?,17-,18?,19?,20?/m1/s1. The van der Waals surface area contributed by atoms with Crippen molar-refractivity contribution in [3.63, 3.8) is 0 Å². The van der Waals surface area contributed by atoms with E-state index in [9.17, 15) is 13.6 Å². The summed E-state index contributed by atoms with van der Waals surface area (Å²) < 4.78 is 42.0. The number of nitrogens with zero attached hydrogens (tertiary/aromatic N) is 3. The molecule has 192 valence electrons. The molecule has 1 aromatic heterocycles. The van der Waals surface area contributed by atoms with E-state index in [2.05, 4.69) is 24.4 Å². The average molecular weight is 510 g/mol. The molecule has 7 aliphatic rings. The topological polar surface area (TPSA) is 82.9 Å². The Kier molecular flexibility index (Phi) is 5.66. The molecule has 6 heterocycles. The number of hydrogen-bond donors (Lipinski definition) is 2. The highest BCUT2D eigenvalue weighted by atomic mass is 32.2. The number of fused-ring (bicyclic) bond motifs is 4. The van der Waals surface area contributed by atoms with E-state index in [-0.39, 0.29) is 24.3 Å². The van der Waals surface area contributed by atoms with Crippen molar-refractivity contribution in [2.75, 3.05) is 19.8 Å². The van der Waals surface area contributed by atoms with Gasteiger partial charge in [0, 0.05) is 73.3 Å². The van der Waals surface area contributed by atoms with Crippen LogP contribution in [0.1, 0.15) is 73.5 Å². The van der Waals surface area contributed by atoms with Gasteiger partial charge in [0.1, 0.15) is 5.76 Å². The van der Waals surface area contributed by atoms with Crippen LogP contribution in [0.25, 0.3) is 0 Å². The van der Waals surface area contributed by atoms with Gasteiger partial charge in [-0.3, -0.25) is 4.79 Å². The molecule has 0 aromatic carbocycles. The monoisotopic (exact) mass is 509 g/mol. The van der Waals surface area contributed by atoms with Crippen molar-refractivity contribution >= 4 is 18.0 Å². The Labute approximate surface area is 208 Å². The Morgan fingerprint density at radius 2 is 1.71 bits per heavy atom. The van der Waals surface area contributed by atoms with Crippen LogP contribution in [0.3, 0.4) is 0 Å². The number of piperidine rings is 2. The number of carbonyl (C=O) groups is 1. The fourth-order valence-electron chi connectivity index (χ4n) is 6.68. The Hall–Kier alpha value is -1.27. The lowest BCUT2D eigenvalue weighted by Crippen LogP contribution is -2.62. The molecule has 0 radical (unpaired) electrons. The SMILES string of the molecule is O=C(NC1CC2CC[C@H](C1)N2SN1C2CC(NCC3CC3(F)F)CC1C2)c1cc(C2COC2)on1. The van der Waals surface area contributed by atoms with Gasteiger partial charge in [0.25, 0.3) is 11.8 Å². The molecule has 6 atom stereocenters. The minimum atomic E-state index is -2.43. The molecular weight excluding hydrogens is 476 g/mol. The summed E-state index contributed by atoms with van der Waals surface area (Å²) in [6, 6.07) is 4.30. The number of halogens is 2. The molecule has 11 heteroatoms. The van der Waals surface area contributed by atoms with Crippen LogP contribution < -0.4 is 10.6 Å². The van der Waals surface area contributed by atoms with Crippen LogP contribution in [0, 0.1) is 5.92 Å². The number of rotatable bonds is 8. The number of hydrogen-bond acceptors (Lipinski definition) is 8. The number of aromatic nitrogens is 1. The van der Waals surface area contributed by atoms with Crippen molar-refractivity contribution in [2.45, 2.75) is 99.5 Å². The number of amides is 1. The summed E-state index contributed by atoms with van der Waals surface area (Å²) in [6.07, 6.45) is 7.63. The lowest BCUT2D eigenvalue weighted by Gasteiger charge is -2.56. The number of ether oxygens (including phenoxy) is 1. The fraction of sp³-hybridized carbons (Fsp3) is 0.833. The molecule has 0 spiro atoms. The lowest BCUT2D eigenvalue weighted by molar-refractivity contribution is -0.00228. The molecule has 8 nitrogen and oxygen atoms in total. The molecular formula is C24H33F2N5O3S.